The molecule has 1 atom stereocenters. The minimum atomic E-state index is -0.931. The molecule has 0 saturated heterocycles. The van der Waals surface area contributed by atoms with Crippen molar-refractivity contribution in [3.05, 3.63) is 64.5 Å². The van der Waals surface area contributed by atoms with Crippen molar-refractivity contribution >= 4 is 35.5 Å². The number of amides is 1. The number of nitrogens with zero attached hydrogens (tertiary/aromatic N) is 2. The Bertz CT molecular complexity index is 1180. The Morgan fingerprint density at radius 1 is 1.15 bits per heavy atom. The first kappa shape index (κ1) is 25.8. The molecule has 0 aliphatic heterocycles. The highest BCUT2D eigenvalue weighted by Crippen LogP contribution is 2.26. The van der Waals surface area contributed by atoms with Crippen molar-refractivity contribution in [3.63, 3.8) is 0 Å². The van der Waals surface area contributed by atoms with Crippen LogP contribution in [-0.2, 0) is 24.3 Å². The zero-order chi connectivity index (χ0) is 25.0. The van der Waals surface area contributed by atoms with Crippen molar-refractivity contribution in [1.29, 1.82) is 0 Å². The lowest BCUT2D eigenvalue weighted by molar-refractivity contribution is -0.121. The summed E-state index contributed by atoms with van der Waals surface area (Å²) in [6.07, 6.45) is 2.52. The fourth-order valence-electron chi connectivity index (χ4n) is 4.12. The molecule has 0 saturated carbocycles. The quantitative estimate of drug-likeness (QED) is 0.358. The summed E-state index contributed by atoms with van der Waals surface area (Å²) in [7, 11) is 0. The first-order chi connectivity index (χ1) is 16.0. The molecule has 34 heavy (non-hydrogen) atoms. The molecule has 3 rings (SSSR count). The second-order valence-electron chi connectivity index (χ2n) is 10.1. The van der Waals surface area contributed by atoms with E-state index in [0.29, 0.717) is 19.5 Å². The molecule has 2 aromatic carbocycles. The SMILES string of the molecule is CCCc1nc2c(C)cc(CNC(=O)[C@@H](S)CC(C)(C)C)cc2n1Cc1ccc(C(=O)O)cc1. The van der Waals surface area contributed by atoms with Crippen LogP contribution >= 0.6 is 12.6 Å². The van der Waals surface area contributed by atoms with Crippen LogP contribution < -0.4 is 5.32 Å². The topological polar surface area (TPSA) is 84.2 Å². The van der Waals surface area contributed by atoms with Gasteiger partial charge in [-0.1, -0.05) is 45.9 Å². The molecule has 6 nitrogen and oxygen atoms in total. The van der Waals surface area contributed by atoms with Crippen LogP contribution in [0.15, 0.2) is 36.4 Å². The third kappa shape index (κ3) is 6.41. The predicted molar refractivity (Wildman–Crippen MR) is 140 cm³/mol. The number of carboxylic acids is 1. The molecule has 0 aliphatic carbocycles. The number of aromatic carboxylic acids is 1. The average molecular weight is 482 g/mol. The maximum atomic E-state index is 12.6. The third-order valence-electron chi connectivity index (χ3n) is 5.77. The van der Waals surface area contributed by atoms with Gasteiger partial charge in [-0.3, -0.25) is 4.79 Å². The van der Waals surface area contributed by atoms with Crippen LogP contribution in [0.25, 0.3) is 11.0 Å². The number of thiol groups is 1. The van der Waals surface area contributed by atoms with E-state index in [1.165, 1.54) is 0 Å². The molecule has 1 heterocycles. The minimum Gasteiger partial charge on any atom is -0.478 e. The van der Waals surface area contributed by atoms with Crippen molar-refractivity contribution in [3.8, 4) is 0 Å². The Hall–Kier alpha value is -2.80. The van der Waals surface area contributed by atoms with Crippen molar-refractivity contribution in [2.75, 3.05) is 0 Å². The third-order valence-corrected chi connectivity index (χ3v) is 6.19. The average Bonchev–Trinajstić information content (AvgIpc) is 3.09. The highest BCUT2D eigenvalue weighted by atomic mass is 32.1. The van der Waals surface area contributed by atoms with Gasteiger partial charge in [0.2, 0.25) is 5.91 Å². The van der Waals surface area contributed by atoms with E-state index in [4.69, 9.17) is 4.98 Å². The molecule has 0 unspecified atom stereocenters. The van der Waals surface area contributed by atoms with Gasteiger partial charge in [-0.15, -0.1) is 0 Å². The highest BCUT2D eigenvalue weighted by Gasteiger charge is 2.22. The number of aryl methyl sites for hydroxylation is 2. The van der Waals surface area contributed by atoms with Gasteiger partial charge in [0, 0.05) is 19.5 Å². The van der Waals surface area contributed by atoms with Gasteiger partial charge in [-0.2, -0.15) is 12.6 Å². The van der Waals surface area contributed by atoms with Crippen LogP contribution in [0.3, 0.4) is 0 Å². The number of carbonyl (C=O) groups excluding carboxylic acids is 1. The summed E-state index contributed by atoms with van der Waals surface area (Å²) in [5.41, 5.74) is 5.38. The van der Waals surface area contributed by atoms with Gasteiger partial charge in [0.05, 0.1) is 21.8 Å². The summed E-state index contributed by atoms with van der Waals surface area (Å²) >= 11 is 4.50. The van der Waals surface area contributed by atoms with Crippen LogP contribution in [0.4, 0.5) is 0 Å². The molecule has 0 aliphatic rings. The van der Waals surface area contributed by atoms with Crippen LogP contribution in [-0.4, -0.2) is 31.8 Å². The molecule has 7 heteroatoms. The number of hydrogen-bond acceptors (Lipinski definition) is 4. The van der Waals surface area contributed by atoms with Crippen LogP contribution in [0, 0.1) is 12.3 Å². The van der Waals surface area contributed by atoms with Gasteiger partial charge in [0.25, 0.3) is 0 Å². The van der Waals surface area contributed by atoms with Crippen molar-refractivity contribution in [2.45, 2.75) is 72.2 Å². The standard InChI is InChI=1S/C27H35N3O3S/c1-6-7-23-29-24-17(2)12-19(15-28-25(31)22(34)14-27(3,4)5)13-21(24)30(23)16-18-8-10-20(11-9-18)26(32)33/h8-13,22,34H,6-7,14-16H2,1-5H3,(H,28,31)(H,32,33)/t22-/m0/s1. The number of hydrogen-bond donors (Lipinski definition) is 3. The zero-order valence-electron chi connectivity index (χ0n) is 20.7. The van der Waals surface area contributed by atoms with E-state index in [-0.39, 0.29) is 22.1 Å². The lowest BCUT2D eigenvalue weighted by Gasteiger charge is -2.22. The smallest absolute Gasteiger partial charge is 0.335 e. The largest absolute Gasteiger partial charge is 0.478 e. The zero-order valence-corrected chi connectivity index (χ0v) is 21.6. The van der Waals surface area contributed by atoms with Crippen molar-refractivity contribution < 1.29 is 14.7 Å². The molecule has 182 valence electrons. The van der Waals surface area contributed by atoms with Crippen LogP contribution in [0.1, 0.15) is 73.4 Å². The van der Waals surface area contributed by atoms with Gasteiger partial charge in [-0.05, 0) is 60.1 Å². The van der Waals surface area contributed by atoms with Gasteiger partial charge in [0.1, 0.15) is 5.82 Å². The first-order valence-corrected chi connectivity index (χ1v) is 12.3. The van der Waals surface area contributed by atoms with E-state index in [2.05, 4.69) is 62.3 Å². The van der Waals surface area contributed by atoms with E-state index in [9.17, 15) is 14.7 Å². The fraction of sp³-hybridized carbons (Fsp3) is 0.444. The van der Waals surface area contributed by atoms with Crippen LogP contribution in [0.5, 0.6) is 0 Å². The van der Waals surface area contributed by atoms with Gasteiger partial charge in [0.15, 0.2) is 0 Å². The molecular formula is C27H35N3O3S. The summed E-state index contributed by atoms with van der Waals surface area (Å²) in [4.78, 5) is 28.7. The fourth-order valence-corrected chi connectivity index (χ4v) is 4.76. The van der Waals surface area contributed by atoms with Gasteiger partial charge in [-0.25, -0.2) is 9.78 Å². The Morgan fingerprint density at radius 3 is 2.41 bits per heavy atom. The predicted octanol–water partition coefficient (Wildman–Crippen LogP) is 5.39. The lowest BCUT2D eigenvalue weighted by Crippen LogP contribution is -2.33. The minimum absolute atomic E-state index is 0.0318. The van der Waals surface area contributed by atoms with Crippen LogP contribution in [0.2, 0.25) is 0 Å². The molecule has 3 aromatic rings. The second-order valence-corrected chi connectivity index (χ2v) is 10.8. The maximum Gasteiger partial charge on any atom is 0.335 e. The number of aromatic nitrogens is 2. The number of carboxylic acid groups (broad SMARTS) is 1. The summed E-state index contributed by atoms with van der Waals surface area (Å²) in [6, 6.07) is 11.1. The maximum absolute atomic E-state index is 12.6. The summed E-state index contributed by atoms with van der Waals surface area (Å²) in [6.45, 7) is 11.5. The number of rotatable bonds is 9. The Labute approximate surface area is 207 Å². The number of benzene rings is 2. The molecule has 0 bridgehead atoms. The molecular weight excluding hydrogens is 446 g/mol. The molecule has 1 amide bonds. The van der Waals surface area contributed by atoms with E-state index in [0.717, 1.165) is 46.4 Å². The molecule has 0 radical (unpaired) electrons. The Kier molecular flexibility index (Phi) is 8.08. The molecule has 0 fully saturated rings. The second kappa shape index (κ2) is 10.6. The van der Waals surface area contributed by atoms with E-state index < -0.39 is 5.97 Å². The van der Waals surface area contributed by atoms with E-state index in [1.807, 2.05) is 19.1 Å². The summed E-state index contributed by atoms with van der Waals surface area (Å²) < 4.78 is 2.20. The van der Waals surface area contributed by atoms with Crippen molar-refractivity contribution in [2.24, 2.45) is 5.41 Å². The Balaban J connectivity index is 1.88. The lowest BCUT2D eigenvalue weighted by atomic mass is 9.90. The molecule has 0 spiro atoms. The molecule has 2 N–H and O–H groups in total. The number of fused-ring (bicyclic) bond motifs is 1. The number of imidazole rings is 1. The monoisotopic (exact) mass is 481 g/mol. The summed E-state index contributed by atoms with van der Waals surface area (Å²) in [5, 5.41) is 11.9. The first-order valence-electron chi connectivity index (χ1n) is 11.7. The highest BCUT2D eigenvalue weighted by molar-refractivity contribution is 7.81. The van der Waals surface area contributed by atoms with Gasteiger partial charge >= 0.3 is 5.97 Å². The molecule has 1 aromatic heterocycles. The summed E-state index contributed by atoms with van der Waals surface area (Å²) in [5.74, 6) is 0.0129. The van der Waals surface area contributed by atoms with E-state index >= 15 is 0 Å². The Morgan fingerprint density at radius 2 is 1.82 bits per heavy atom. The normalized spacial score (nSPS) is 12.6. The number of nitrogens with one attached hydrogen (secondary N) is 1. The van der Waals surface area contributed by atoms with Gasteiger partial charge < -0.3 is 15.0 Å². The van der Waals surface area contributed by atoms with Crippen molar-refractivity contribution in [1.82, 2.24) is 14.9 Å². The van der Waals surface area contributed by atoms with E-state index in [1.54, 1.807) is 12.1 Å². The number of carbonyl (C=O) groups is 2.